The number of fused-ring (bicyclic) bond motifs is 5. The Hall–Kier alpha value is -1.28. The maximum atomic E-state index is 12.9. The van der Waals surface area contributed by atoms with Gasteiger partial charge in [0, 0.05) is 12.3 Å². The van der Waals surface area contributed by atoms with E-state index in [4.69, 9.17) is 14.2 Å². The second-order valence-electron chi connectivity index (χ2n) is 12.6. The van der Waals surface area contributed by atoms with E-state index in [-0.39, 0.29) is 17.4 Å². The molecular formula is C29H44O7. The van der Waals surface area contributed by atoms with E-state index >= 15 is 0 Å². The molecule has 0 amide bonds. The van der Waals surface area contributed by atoms with Crippen LogP contribution in [0.25, 0.3) is 0 Å². The third-order valence-electron chi connectivity index (χ3n) is 11.2. The van der Waals surface area contributed by atoms with Crippen LogP contribution in [0, 0.1) is 40.4 Å². The molecule has 36 heavy (non-hydrogen) atoms. The molecule has 1 saturated heterocycles. The molecule has 202 valence electrons. The lowest BCUT2D eigenvalue weighted by atomic mass is 9.44. The molecule has 2 N–H and O–H groups in total. The first kappa shape index (κ1) is 26.3. The Bertz CT molecular complexity index is 861. The molecule has 5 fully saturated rings. The van der Waals surface area contributed by atoms with Gasteiger partial charge < -0.3 is 29.2 Å². The van der Waals surface area contributed by atoms with Crippen LogP contribution in [0.1, 0.15) is 78.6 Å². The topological polar surface area (TPSA) is 102 Å². The summed E-state index contributed by atoms with van der Waals surface area (Å²) in [7, 11) is 0. The quantitative estimate of drug-likeness (QED) is 0.254. The van der Waals surface area contributed by atoms with Gasteiger partial charge in [-0.3, -0.25) is 4.79 Å². The molecule has 5 rings (SSSR count). The van der Waals surface area contributed by atoms with Crippen LogP contribution in [0.4, 0.5) is 0 Å². The normalized spacial score (nSPS) is 52.4. The Morgan fingerprint density at radius 1 is 1.06 bits per heavy atom. The average molecular weight is 505 g/mol. The fourth-order valence-corrected chi connectivity index (χ4v) is 9.31. The molecule has 0 aromatic carbocycles. The number of carbonyl (C=O) groups excluding carboxylic acids is 2. The van der Waals surface area contributed by atoms with E-state index in [1.165, 1.54) is 38.9 Å². The van der Waals surface area contributed by atoms with E-state index in [0.717, 1.165) is 32.1 Å². The van der Waals surface area contributed by atoms with Crippen LogP contribution in [0.15, 0.2) is 12.7 Å². The first-order chi connectivity index (χ1) is 17.1. The van der Waals surface area contributed by atoms with Gasteiger partial charge >= 0.3 is 5.97 Å². The summed E-state index contributed by atoms with van der Waals surface area (Å²) in [6, 6.07) is 0. The highest BCUT2D eigenvalue weighted by Crippen LogP contribution is 2.67. The van der Waals surface area contributed by atoms with E-state index in [2.05, 4.69) is 19.6 Å². The Kier molecular flexibility index (Phi) is 7.16. The van der Waals surface area contributed by atoms with Gasteiger partial charge in [-0.2, -0.15) is 0 Å². The smallest absolute Gasteiger partial charge is 0.303 e. The van der Waals surface area contributed by atoms with Crippen LogP contribution in [0.3, 0.4) is 0 Å². The zero-order valence-corrected chi connectivity index (χ0v) is 22.0. The van der Waals surface area contributed by atoms with Crippen molar-refractivity contribution in [1.29, 1.82) is 0 Å². The van der Waals surface area contributed by atoms with Crippen molar-refractivity contribution in [2.75, 3.05) is 0 Å². The summed E-state index contributed by atoms with van der Waals surface area (Å²) < 4.78 is 17.5. The summed E-state index contributed by atoms with van der Waals surface area (Å²) in [5.41, 5.74) is 0.0361. The van der Waals surface area contributed by atoms with Gasteiger partial charge in [-0.05, 0) is 99.7 Å². The number of hydrogen-bond donors (Lipinski definition) is 2. The van der Waals surface area contributed by atoms with Gasteiger partial charge in [0.15, 0.2) is 12.4 Å². The van der Waals surface area contributed by atoms with Crippen LogP contribution >= 0.6 is 0 Å². The number of ether oxygens (including phenoxy) is 3. The van der Waals surface area contributed by atoms with Gasteiger partial charge in [-0.1, -0.05) is 13.0 Å². The van der Waals surface area contributed by atoms with Gasteiger partial charge in [-0.15, -0.1) is 6.58 Å². The van der Waals surface area contributed by atoms with Crippen molar-refractivity contribution in [1.82, 2.24) is 0 Å². The lowest BCUT2D eigenvalue weighted by molar-refractivity contribution is -0.311. The highest BCUT2D eigenvalue weighted by atomic mass is 16.7. The third kappa shape index (κ3) is 4.09. The lowest BCUT2D eigenvalue weighted by Crippen LogP contribution is -2.60. The standard InChI is InChI=1S/C29H44O7/c1-5-18-7-9-22-21-8-6-19-14-20(10-13-29(19,15-30)23(21)11-12-28(18,22)4)36-27-26(35-17(3)31)25(33)24(32)16(2)34-27/h5,15-16,18-27,32-33H,1,6-14H2,2-4H3. The first-order valence-electron chi connectivity index (χ1n) is 14.1. The van der Waals surface area contributed by atoms with Crippen LogP contribution in [0.5, 0.6) is 0 Å². The minimum Gasteiger partial charge on any atom is -0.454 e. The average Bonchev–Trinajstić information content (AvgIpc) is 3.21. The number of hydrogen-bond acceptors (Lipinski definition) is 7. The molecule has 0 radical (unpaired) electrons. The zero-order chi connectivity index (χ0) is 25.8. The van der Waals surface area contributed by atoms with Crippen LogP contribution in [0.2, 0.25) is 0 Å². The Morgan fingerprint density at radius 2 is 1.83 bits per heavy atom. The molecule has 0 bridgehead atoms. The summed E-state index contributed by atoms with van der Waals surface area (Å²) >= 11 is 0. The maximum Gasteiger partial charge on any atom is 0.303 e. The fraction of sp³-hybridized carbons (Fsp3) is 0.862. The monoisotopic (exact) mass is 504 g/mol. The molecule has 4 aliphatic carbocycles. The van der Waals surface area contributed by atoms with Gasteiger partial charge in [0.05, 0.1) is 12.2 Å². The highest BCUT2D eigenvalue weighted by Gasteiger charge is 2.61. The number of aldehydes is 1. The Morgan fingerprint density at radius 3 is 2.53 bits per heavy atom. The summed E-state index contributed by atoms with van der Waals surface area (Å²) in [5, 5.41) is 20.8. The van der Waals surface area contributed by atoms with Crippen LogP contribution in [-0.2, 0) is 23.8 Å². The van der Waals surface area contributed by atoms with Crippen LogP contribution in [-0.4, -0.2) is 59.3 Å². The Labute approximate surface area is 214 Å². The molecule has 4 saturated carbocycles. The molecule has 0 aromatic heterocycles. The van der Waals surface area contributed by atoms with Crippen molar-refractivity contribution in [2.24, 2.45) is 40.4 Å². The molecule has 5 aliphatic rings. The molecule has 1 heterocycles. The second kappa shape index (κ2) is 9.79. The molecule has 7 heteroatoms. The summed E-state index contributed by atoms with van der Waals surface area (Å²) in [4.78, 5) is 24.5. The van der Waals surface area contributed by atoms with Gasteiger partial charge in [0.1, 0.15) is 18.5 Å². The maximum absolute atomic E-state index is 12.9. The molecule has 0 spiro atoms. The number of esters is 1. The van der Waals surface area contributed by atoms with Crippen molar-refractivity contribution in [3.8, 4) is 0 Å². The van der Waals surface area contributed by atoms with Crippen molar-refractivity contribution in [2.45, 2.75) is 115 Å². The van der Waals surface area contributed by atoms with E-state index in [1.807, 2.05) is 0 Å². The van der Waals surface area contributed by atoms with E-state index in [9.17, 15) is 19.8 Å². The van der Waals surface area contributed by atoms with Crippen molar-refractivity contribution in [3.63, 3.8) is 0 Å². The fourth-order valence-electron chi connectivity index (χ4n) is 9.31. The molecule has 7 nitrogen and oxygen atoms in total. The zero-order valence-electron chi connectivity index (χ0n) is 22.0. The minimum absolute atomic E-state index is 0.150. The van der Waals surface area contributed by atoms with Gasteiger partial charge in [-0.25, -0.2) is 0 Å². The second-order valence-corrected chi connectivity index (χ2v) is 12.6. The van der Waals surface area contributed by atoms with E-state index < -0.39 is 36.7 Å². The molecule has 13 unspecified atom stereocenters. The predicted molar refractivity (Wildman–Crippen MR) is 133 cm³/mol. The van der Waals surface area contributed by atoms with E-state index in [1.54, 1.807) is 6.92 Å². The number of carbonyl (C=O) groups is 2. The Balaban J connectivity index is 1.30. The number of allylic oxidation sites excluding steroid dienone is 1. The van der Waals surface area contributed by atoms with Crippen molar-refractivity contribution in [3.05, 3.63) is 12.7 Å². The molecule has 0 aromatic rings. The highest BCUT2D eigenvalue weighted by molar-refractivity contribution is 5.66. The summed E-state index contributed by atoms with van der Waals surface area (Å²) in [6.45, 7) is 9.54. The lowest BCUT2D eigenvalue weighted by Gasteiger charge is -2.60. The van der Waals surface area contributed by atoms with E-state index in [0.29, 0.717) is 29.1 Å². The third-order valence-corrected chi connectivity index (χ3v) is 11.2. The summed E-state index contributed by atoms with van der Waals surface area (Å²) in [6.07, 6.45) is 7.47. The number of rotatable bonds is 5. The SMILES string of the molecule is C=CC1CCC2C3CCC4CC(OC5OC(C)C(O)C(O)C5OC(C)=O)CCC4(C=O)C3CCC12C. The minimum atomic E-state index is -1.28. The molecule has 1 aliphatic heterocycles. The first-order valence-corrected chi connectivity index (χ1v) is 14.1. The van der Waals surface area contributed by atoms with Gasteiger partial charge in [0.2, 0.25) is 0 Å². The van der Waals surface area contributed by atoms with Crippen molar-refractivity contribution < 1.29 is 34.0 Å². The largest absolute Gasteiger partial charge is 0.454 e. The van der Waals surface area contributed by atoms with Crippen LogP contribution < -0.4 is 0 Å². The molecule has 13 atom stereocenters. The predicted octanol–water partition coefficient (Wildman–Crippen LogP) is 3.79. The number of aliphatic hydroxyl groups excluding tert-OH is 2. The van der Waals surface area contributed by atoms with Gasteiger partial charge in [0.25, 0.3) is 0 Å². The molecular weight excluding hydrogens is 460 g/mol. The van der Waals surface area contributed by atoms with Crippen molar-refractivity contribution >= 4 is 12.3 Å². The number of aliphatic hydroxyl groups is 2. The summed E-state index contributed by atoms with van der Waals surface area (Å²) in [5.74, 6) is 2.03.